The zero-order valence-corrected chi connectivity index (χ0v) is 11.9. The second kappa shape index (κ2) is 5.48. The Morgan fingerprint density at radius 2 is 2.06 bits per heavy atom. The first-order valence-electron chi connectivity index (χ1n) is 5.88. The van der Waals surface area contributed by atoms with Gasteiger partial charge in [-0.25, -0.2) is 0 Å². The number of fused-ring (bicyclic) bond motifs is 1. The normalized spacial score (nSPS) is 12.7. The molecule has 1 aromatic carbocycles. The fraction of sp³-hybridized carbons (Fsp3) is 0.286. The van der Waals surface area contributed by atoms with Crippen LogP contribution in [0, 0.1) is 5.92 Å². The van der Waals surface area contributed by atoms with Crippen LogP contribution in [0.3, 0.4) is 0 Å². The summed E-state index contributed by atoms with van der Waals surface area (Å²) in [4.78, 5) is 16.1. The predicted octanol–water partition coefficient (Wildman–Crippen LogP) is 3.59. The zero-order valence-electron chi connectivity index (χ0n) is 10.4. The minimum atomic E-state index is -0.190. The molecule has 1 heterocycles. The number of benzene rings is 1. The first-order valence-corrected chi connectivity index (χ1v) is 6.80. The molecule has 1 unspecified atom stereocenters. The number of carbonyl (C=O) groups is 1. The summed E-state index contributed by atoms with van der Waals surface area (Å²) in [6.07, 6.45) is 1.75. The number of nitrogens with one attached hydrogen (secondary N) is 1. The number of carbonyl (C=O) groups excluding carboxylic acids is 1. The Balaban J connectivity index is 2.30. The van der Waals surface area contributed by atoms with Crippen molar-refractivity contribution in [2.75, 3.05) is 5.32 Å². The second-order valence-electron chi connectivity index (χ2n) is 4.51. The summed E-state index contributed by atoms with van der Waals surface area (Å²) in [6, 6.07) is 9.53. The van der Waals surface area contributed by atoms with Gasteiger partial charge in [-0.3, -0.25) is 9.78 Å². The average Bonchev–Trinajstić information content (AvgIpc) is 2.38. The van der Waals surface area contributed by atoms with Crippen LogP contribution in [0.2, 0.25) is 0 Å². The van der Waals surface area contributed by atoms with Crippen LogP contribution in [-0.4, -0.2) is 15.7 Å². The van der Waals surface area contributed by atoms with Gasteiger partial charge in [-0.15, -0.1) is 0 Å². The van der Waals surface area contributed by atoms with Crippen molar-refractivity contribution in [3.63, 3.8) is 0 Å². The van der Waals surface area contributed by atoms with Crippen LogP contribution in [0.5, 0.6) is 0 Å². The maximum Gasteiger partial charge on any atom is 0.238 e. The molecule has 94 valence electrons. The number of nitrogens with zero attached hydrogens (tertiary/aromatic N) is 1. The molecule has 0 saturated carbocycles. The van der Waals surface area contributed by atoms with E-state index in [1.165, 1.54) is 0 Å². The van der Waals surface area contributed by atoms with Gasteiger partial charge in [-0.2, -0.15) is 0 Å². The van der Waals surface area contributed by atoms with Crippen LogP contribution in [0.15, 0.2) is 36.5 Å². The fourth-order valence-electron chi connectivity index (χ4n) is 1.72. The lowest BCUT2D eigenvalue weighted by molar-refractivity contribution is -0.116. The molecule has 0 aliphatic carbocycles. The third-order valence-corrected chi connectivity index (χ3v) is 4.21. The summed E-state index contributed by atoms with van der Waals surface area (Å²) in [6.45, 7) is 4.01. The van der Waals surface area contributed by atoms with Crippen molar-refractivity contribution in [1.82, 2.24) is 4.98 Å². The zero-order chi connectivity index (χ0) is 13.1. The van der Waals surface area contributed by atoms with Crippen LogP contribution in [0.1, 0.15) is 13.8 Å². The van der Waals surface area contributed by atoms with Crippen molar-refractivity contribution in [2.45, 2.75) is 18.7 Å². The lowest BCUT2D eigenvalue weighted by Gasteiger charge is -2.14. The molecule has 1 atom stereocenters. The molecule has 0 aliphatic heterocycles. The number of halogens is 1. The van der Waals surface area contributed by atoms with Crippen molar-refractivity contribution in [2.24, 2.45) is 5.92 Å². The highest BCUT2D eigenvalue weighted by Gasteiger charge is 2.19. The summed E-state index contributed by atoms with van der Waals surface area (Å²) >= 11 is 3.40. The van der Waals surface area contributed by atoms with Crippen molar-refractivity contribution < 1.29 is 4.79 Å². The Hall–Kier alpha value is -1.42. The van der Waals surface area contributed by atoms with Gasteiger partial charge < -0.3 is 5.32 Å². The fourth-order valence-corrected chi connectivity index (χ4v) is 1.83. The number of pyridine rings is 1. The summed E-state index contributed by atoms with van der Waals surface area (Å²) < 4.78 is 0. The van der Waals surface area contributed by atoms with Gasteiger partial charge in [0.15, 0.2) is 0 Å². The number of anilines is 1. The Morgan fingerprint density at radius 1 is 1.28 bits per heavy atom. The Bertz CT molecular complexity index is 563. The molecular formula is C14H15BrN2O. The lowest BCUT2D eigenvalue weighted by atomic mass is 10.1. The SMILES string of the molecule is CC(C)C(Br)C(=O)Nc1cccc2ncccc12. The summed E-state index contributed by atoms with van der Waals surface area (Å²) in [5, 5.41) is 3.90. The lowest BCUT2D eigenvalue weighted by Crippen LogP contribution is -2.27. The van der Waals surface area contributed by atoms with Gasteiger partial charge in [0, 0.05) is 11.6 Å². The van der Waals surface area contributed by atoms with E-state index in [1.54, 1.807) is 6.20 Å². The molecule has 4 heteroatoms. The largest absolute Gasteiger partial charge is 0.324 e. The van der Waals surface area contributed by atoms with Gasteiger partial charge in [-0.1, -0.05) is 35.8 Å². The Kier molecular flexibility index (Phi) is 3.97. The number of rotatable bonds is 3. The number of alkyl halides is 1. The molecule has 0 spiro atoms. The van der Waals surface area contributed by atoms with E-state index in [0.29, 0.717) is 0 Å². The molecule has 0 radical (unpaired) electrons. The standard InChI is InChI=1S/C14H15BrN2O/c1-9(2)13(15)14(18)17-12-7-3-6-11-10(12)5-4-8-16-11/h3-9,13H,1-2H3,(H,17,18). The van der Waals surface area contributed by atoms with E-state index in [4.69, 9.17) is 0 Å². The van der Waals surface area contributed by atoms with Crippen molar-refractivity contribution in [3.05, 3.63) is 36.5 Å². The first-order chi connectivity index (χ1) is 8.59. The number of hydrogen-bond donors (Lipinski definition) is 1. The van der Waals surface area contributed by atoms with E-state index in [2.05, 4.69) is 26.2 Å². The first kappa shape index (κ1) is 13.0. The van der Waals surface area contributed by atoms with Crippen molar-refractivity contribution >= 4 is 38.4 Å². The number of aromatic nitrogens is 1. The molecule has 1 amide bonds. The van der Waals surface area contributed by atoms with E-state index in [9.17, 15) is 4.79 Å². The summed E-state index contributed by atoms with van der Waals surface area (Å²) in [5.74, 6) is 0.222. The monoisotopic (exact) mass is 306 g/mol. The molecule has 2 rings (SSSR count). The molecule has 3 nitrogen and oxygen atoms in total. The summed E-state index contributed by atoms with van der Waals surface area (Å²) in [5.41, 5.74) is 1.68. The molecule has 0 aliphatic rings. The van der Waals surface area contributed by atoms with Gasteiger partial charge in [0.1, 0.15) is 0 Å². The summed E-state index contributed by atoms with van der Waals surface area (Å²) in [7, 11) is 0. The van der Waals surface area contributed by atoms with Gasteiger partial charge in [0.25, 0.3) is 0 Å². The Labute approximate surface area is 115 Å². The van der Waals surface area contributed by atoms with Crippen LogP contribution < -0.4 is 5.32 Å². The molecule has 0 saturated heterocycles. The smallest absolute Gasteiger partial charge is 0.238 e. The van der Waals surface area contributed by atoms with Crippen molar-refractivity contribution in [1.29, 1.82) is 0 Å². The van der Waals surface area contributed by atoms with E-state index in [0.717, 1.165) is 16.6 Å². The molecule has 0 fully saturated rings. The molecule has 0 bridgehead atoms. The van der Waals surface area contributed by atoms with Crippen molar-refractivity contribution in [3.8, 4) is 0 Å². The number of hydrogen-bond acceptors (Lipinski definition) is 2. The van der Waals surface area contributed by atoms with Gasteiger partial charge in [-0.05, 0) is 30.2 Å². The number of amides is 1. The predicted molar refractivity (Wildman–Crippen MR) is 77.9 cm³/mol. The van der Waals surface area contributed by atoms with Crippen LogP contribution in [-0.2, 0) is 4.79 Å². The van der Waals surface area contributed by atoms with Gasteiger partial charge in [0.2, 0.25) is 5.91 Å². The van der Waals surface area contributed by atoms with Gasteiger partial charge in [0.05, 0.1) is 16.0 Å². The molecular weight excluding hydrogens is 292 g/mol. The molecule has 1 N–H and O–H groups in total. The maximum atomic E-state index is 12.0. The van der Waals surface area contributed by atoms with Crippen LogP contribution >= 0.6 is 15.9 Å². The minimum absolute atomic E-state index is 0.0265. The minimum Gasteiger partial charge on any atom is -0.324 e. The highest BCUT2D eigenvalue weighted by Crippen LogP contribution is 2.23. The van der Waals surface area contributed by atoms with E-state index in [1.807, 2.05) is 44.2 Å². The molecule has 18 heavy (non-hydrogen) atoms. The average molecular weight is 307 g/mol. The topological polar surface area (TPSA) is 42.0 Å². The quantitative estimate of drug-likeness (QED) is 0.881. The maximum absolute atomic E-state index is 12.0. The highest BCUT2D eigenvalue weighted by atomic mass is 79.9. The molecule has 1 aromatic heterocycles. The van der Waals surface area contributed by atoms with E-state index < -0.39 is 0 Å². The third kappa shape index (κ3) is 2.70. The van der Waals surface area contributed by atoms with E-state index >= 15 is 0 Å². The highest BCUT2D eigenvalue weighted by molar-refractivity contribution is 9.10. The van der Waals surface area contributed by atoms with Crippen LogP contribution in [0.4, 0.5) is 5.69 Å². The molecule has 2 aromatic rings. The third-order valence-electron chi connectivity index (χ3n) is 2.74. The van der Waals surface area contributed by atoms with Gasteiger partial charge >= 0.3 is 0 Å². The van der Waals surface area contributed by atoms with E-state index in [-0.39, 0.29) is 16.7 Å². The van der Waals surface area contributed by atoms with Crippen LogP contribution in [0.25, 0.3) is 10.9 Å². The second-order valence-corrected chi connectivity index (χ2v) is 5.50. The Morgan fingerprint density at radius 3 is 2.78 bits per heavy atom.